The van der Waals surface area contributed by atoms with Crippen LogP contribution in [-0.2, 0) is 42.9 Å². The third kappa shape index (κ3) is 4.52. The maximum absolute atomic E-state index is 13.6. The monoisotopic (exact) mass is 654 g/mol. The van der Waals surface area contributed by atoms with E-state index < -0.39 is 69.6 Å². The predicted molar refractivity (Wildman–Crippen MR) is 169 cm³/mol. The Morgan fingerprint density at radius 2 is 1.57 bits per heavy atom. The summed E-state index contributed by atoms with van der Waals surface area (Å²) in [5.74, 6) is -2.90. The largest absolute Gasteiger partial charge is 0.472 e. The zero-order valence-corrected chi connectivity index (χ0v) is 29.3. The van der Waals surface area contributed by atoms with E-state index in [-0.39, 0.29) is 36.2 Å². The molecule has 5 fully saturated rings. The molecule has 6 rings (SSSR count). The fourth-order valence-corrected chi connectivity index (χ4v) is 10.9. The molecule has 0 amide bonds. The molecule has 5 aliphatic rings. The normalized spacial score (nSPS) is 43.3. The summed E-state index contributed by atoms with van der Waals surface area (Å²) in [5, 5.41) is 0. The molecule has 1 aromatic rings. The molecule has 10 nitrogen and oxygen atoms in total. The first kappa shape index (κ1) is 33.7. The highest BCUT2D eigenvalue weighted by Crippen LogP contribution is 2.82. The lowest BCUT2D eigenvalue weighted by Gasteiger charge is -2.68. The highest BCUT2D eigenvalue weighted by atomic mass is 16.6. The van der Waals surface area contributed by atoms with Crippen molar-refractivity contribution < 1.29 is 47.3 Å². The van der Waals surface area contributed by atoms with Crippen molar-refractivity contribution in [1.82, 2.24) is 0 Å². The number of allylic oxidation sites excluding steroid dienone is 1. The molecule has 0 aromatic carbocycles. The van der Waals surface area contributed by atoms with Gasteiger partial charge in [-0.3, -0.25) is 14.4 Å². The van der Waals surface area contributed by atoms with E-state index in [2.05, 4.69) is 20.8 Å². The average Bonchev–Trinajstić information content (AvgIpc) is 3.35. The van der Waals surface area contributed by atoms with E-state index >= 15 is 0 Å². The van der Waals surface area contributed by atoms with E-state index in [1.54, 1.807) is 32.4 Å². The first-order valence-electron chi connectivity index (χ1n) is 17.0. The zero-order valence-electron chi connectivity index (χ0n) is 29.3. The van der Waals surface area contributed by atoms with Gasteiger partial charge in [0.2, 0.25) is 0 Å². The minimum absolute atomic E-state index is 0.0679. The molecular weight excluding hydrogens is 604 g/mol. The fraction of sp³-hybridized carbons (Fsp3) is 0.730. The SMILES string of the molecule is CC=C(C)C(=O)O[C@H]1C[C@H]2C(C)(C)OC(=O)C[C@H](OC(C)=O)[C@]2(C)[C@@H]2C[C@@H](OC(=O)C(C)C)[C@@]3(C)[C@@H](c4ccoc4)C[C@@H]4O[C@@]43[C@]12C. The van der Waals surface area contributed by atoms with Crippen LogP contribution in [0.4, 0.5) is 0 Å². The Labute approximate surface area is 277 Å². The van der Waals surface area contributed by atoms with Gasteiger partial charge in [-0.05, 0) is 64.5 Å². The number of rotatable bonds is 6. The number of furan rings is 1. The molecule has 47 heavy (non-hydrogen) atoms. The van der Waals surface area contributed by atoms with Crippen LogP contribution in [0, 0.1) is 34.0 Å². The minimum atomic E-state index is -0.996. The number of ether oxygens (including phenoxy) is 5. The van der Waals surface area contributed by atoms with Crippen LogP contribution in [0.1, 0.15) is 106 Å². The van der Waals surface area contributed by atoms with Gasteiger partial charge in [0.05, 0.1) is 31.0 Å². The summed E-state index contributed by atoms with van der Waals surface area (Å²) in [4.78, 5) is 53.2. The quantitative estimate of drug-likeness (QED) is 0.154. The van der Waals surface area contributed by atoms with Gasteiger partial charge in [-0.1, -0.05) is 40.7 Å². The predicted octanol–water partition coefficient (Wildman–Crippen LogP) is 6.07. The number of carbonyl (C=O) groups is 4. The lowest BCUT2D eigenvalue weighted by Crippen LogP contribution is -2.74. The Hall–Kier alpha value is -3.14. The zero-order chi connectivity index (χ0) is 34.5. The molecule has 1 spiro atoms. The molecule has 3 heterocycles. The van der Waals surface area contributed by atoms with Gasteiger partial charge in [0.15, 0.2) is 0 Å². The van der Waals surface area contributed by atoms with Crippen molar-refractivity contribution in [3.8, 4) is 0 Å². The van der Waals surface area contributed by atoms with Crippen LogP contribution in [-0.4, -0.2) is 59.5 Å². The number of fused-ring (bicyclic) bond motifs is 3. The second-order valence-electron chi connectivity index (χ2n) is 16.0. The van der Waals surface area contributed by atoms with Crippen molar-refractivity contribution in [2.45, 2.75) is 136 Å². The van der Waals surface area contributed by atoms with Gasteiger partial charge in [0.25, 0.3) is 0 Å². The van der Waals surface area contributed by atoms with Crippen molar-refractivity contribution in [1.29, 1.82) is 0 Å². The number of hydrogen-bond acceptors (Lipinski definition) is 10. The van der Waals surface area contributed by atoms with E-state index in [4.69, 9.17) is 28.1 Å². The smallest absolute Gasteiger partial charge is 0.333 e. The van der Waals surface area contributed by atoms with Crippen LogP contribution < -0.4 is 0 Å². The second kappa shape index (κ2) is 10.9. The van der Waals surface area contributed by atoms with Gasteiger partial charge in [0, 0.05) is 40.6 Å². The van der Waals surface area contributed by atoms with Crippen molar-refractivity contribution in [3.05, 3.63) is 35.8 Å². The molecule has 3 saturated carbocycles. The van der Waals surface area contributed by atoms with Gasteiger partial charge in [-0.25, -0.2) is 4.79 Å². The number of esters is 4. The summed E-state index contributed by atoms with van der Waals surface area (Å²) in [5.41, 5.74) is -2.83. The summed E-state index contributed by atoms with van der Waals surface area (Å²) in [6, 6.07) is 1.96. The molecule has 10 heteroatoms. The summed E-state index contributed by atoms with van der Waals surface area (Å²) >= 11 is 0. The minimum Gasteiger partial charge on any atom is -0.472 e. The molecule has 258 valence electrons. The fourth-order valence-electron chi connectivity index (χ4n) is 10.9. The van der Waals surface area contributed by atoms with Crippen molar-refractivity contribution >= 4 is 23.9 Å². The molecule has 11 atom stereocenters. The Morgan fingerprint density at radius 1 is 0.915 bits per heavy atom. The summed E-state index contributed by atoms with van der Waals surface area (Å²) in [6.45, 7) is 18.6. The van der Waals surface area contributed by atoms with Crippen LogP contribution in [0.25, 0.3) is 0 Å². The van der Waals surface area contributed by atoms with E-state index in [1.807, 2.05) is 33.8 Å². The number of cyclic esters (lactones) is 1. The van der Waals surface area contributed by atoms with Gasteiger partial charge in [0.1, 0.15) is 29.5 Å². The maximum atomic E-state index is 13.6. The molecule has 3 aliphatic carbocycles. The van der Waals surface area contributed by atoms with Crippen LogP contribution in [0.15, 0.2) is 34.7 Å². The third-order valence-electron chi connectivity index (χ3n) is 13.2. The summed E-state index contributed by atoms with van der Waals surface area (Å²) in [7, 11) is 0. The van der Waals surface area contributed by atoms with Crippen LogP contribution >= 0.6 is 0 Å². The Kier molecular flexibility index (Phi) is 7.85. The first-order chi connectivity index (χ1) is 21.9. The van der Waals surface area contributed by atoms with Crippen molar-refractivity contribution in [2.24, 2.45) is 34.0 Å². The molecule has 0 N–H and O–H groups in total. The van der Waals surface area contributed by atoms with Gasteiger partial charge < -0.3 is 28.1 Å². The van der Waals surface area contributed by atoms with E-state index in [0.29, 0.717) is 24.8 Å². The summed E-state index contributed by atoms with van der Waals surface area (Å²) < 4.78 is 37.8. The number of hydrogen-bond donors (Lipinski definition) is 0. The molecule has 0 bridgehead atoms. The molecule has 2 aliphatic heterocycles. The van der Waals surface area contributed by atoms with E-state index in [9.17, 15) is 19.2 Å². The topological polar surface area (TPSA) is 131 Å². The van der Waals surface area contributed by atoms with Crippen LogP contribution in [0.2, 0.25) is 0 Å². The molecule has 1 aromatic heterocycles. The van der Waals surface area contributed by atoms with Crippen molar-refractivity contribution in [2.75, 3.05) is 0 Å². The average molecular weight is 655 g/mol. The standard InChI is InChI=1S/C37H50O10/c1-11-20(4)32(41)45-28-15-24-33(6,7)47-30(39)17-26(43-21(5)38)34(24,8)25-16-27(44-31(40)19(2)3)35(9)23(22-12-13-42-18-22)14-29-37(35,46-29)36(25,28)10/h11-13,18-19,23-29H,14-17H2,1-10H3/t23-,24+,25+,26+,27-,28+,29+,34+,35-,36+,37+/m1/s1. The maximum Gasteiger partial charge on any atom is 0.333 e. The molecule has 2 saturated heterocycles. The lowest BCUT2D eigenvalue weighted by molar-refractivity contribution is -0.284. The third-order valence-corrected chi connectivity index (χ3v) is 13.2. The van der Waals surface area contributed by atoms with Crippen LogP contribution in [0.3, 0.4) is 0 Å². The Balaban J connectivity index is 1.61. The highest BCUT2D eigenvalue weighted by Gasteiger charge is 2.90. The molecule has 0 unspecified atom stereocenters. The highest BCUT2D eigenvalue weighted by molar-refractivity contribution is 5.87. The Bertz CT molecular complexity index is 1490. The molecular formula is C37H50O10. The Morgan fingerprint density at radius 3 is 2.17 bits per heavy atom. The first-order valence-corrected chi connectivity index (χ1v) is 17.0. The van der Waals surface area contributed by atoms with Crippen LogP contribution in [0.5, 0.6) is 0 Å². The van der Waals surface area contributed by atoms with E-state index in [1.165, 1.54) is 6.92 Å². The number of epoxide rings is 1. The summed E-state index contributed by atoms with van der Waals surface area (Å²) in [6.07, 6.45) is 4.12. The van der Waals surface area contributed by atoms with Gasteiger partial charge in [-0.15, -0.1) is 0 Å². The second-order valence-corrected chi connectivity index (χ2v) is 16.0. The van der Waals surface area contributed by atoms with Gasteiger partial charge in [-0.2, -0.15) is 0 Å². The lowest BCUT2D eigenvalue weighted by atomic mass is 9.37. The van der Waals surface area contributed by atoms with E-state index in [0.717, 1.165) is 5.56 Å². The number of carbonyl (C=O) groups excluding carboxylic acids is 4. The van der Waals surface area contributed by atoms with Crippen molar-refractivity contribution in [3.63, 3.8) is 0 Å². The molecule has 0 radical (unpaired) electrons. The van der Waals surface area contributed by atoms with Gasteiger partial charge >= 0.3 is 23.9 Å².